The first-order valence-electron chi connectivity index (χ1n) is 9.49. The standard InChI is InChI=1S/C20H24O7S/c1-17-6-5-7-18(2)13(17)12(26-16(18)22)14-20(27-14)10(17)8-11(21)25-15(20)19(3,23)9-28(4)24/h5,7-8,12-15,23H,6,9H2,1-4H3. The zero-order chi connectivity index (χ0) is 20.3. The van der Waals surface area contributed by atoms with Gasteiger partial charge in [-0.25, -0.2) is 4.79 Å². The largest absolute Gasteiger partial charge is 0.458 e. The predicted octanol–water partition coefficient (Wildman–Crippen LogP) is 0.633. The molecule has 2 aliphatic carbocycles. The second kappa shape index (κ2) is 5.15. The highest BCUT2D eigenvalue weighted by molar-refractivity contribution is 7.84. The molecule has 0 aromatic rings. The molecular weight excluding hydrogens is 384 g/mol. The van der Waals surface area contributed by atoms with E-state index in [0.717, 1.165) is 5.57 Å². The van der Waals surface area contributed by atoms with Gasteiger partial charge in [0.15, 0.2) is 11.7 Å². The first kappa shape index (κ1) is 18.5. The van der Waals surface area contributed by atoms with Crippen molar-refractivity contribution in [1.29, 1.82) is 0 Å². The zero-order valence-electron chi connectivity index (χ0n) is 16.3. The molecule has 0 aromatic carbocycles. The fraction of sp³-hybridized carbons (Fsp3) is 0.700. The molecule has 1 saturated carbocycles. The van der Waals surface area contributed by atoms with Crippen LogP contribution in [0.4, 0.5) is 0 Å². The second-order valence-electron chi connectivity index (χ2n) is 9.44. The Kier molecular flexibility index (Phi) is 3.40. The van der Waals surface area contributed by atoms with E-state index < -0.39 is 57.1 Å². The Morgan fingerprint density at radius 1 is 1.32 bits per heavy atom. The Balaban J connectivity index is 1.68. The smallest absolute Gasteiger partial charge is 0.331 e. The Bertz CT molecular complexity index is 891. The van der Waals surface area contributed by atoms with E-state index in [0.29, 0.717) is 6.42 Å². The van der Waals surface area contributed by atoms with Crippen LogP contribution >= 0.6 is 0 Å². The molecule has 1 spiro atoms. The normalized spacial score (nSPS) is 51.0. The number of aliphatic hydroxyl groups is 1. The summed E-state index contributed by atoms with van der Waals surface area (Å²) < 4.78 is 29.4. The van der Waals surface area contributed by atoms with Crippen LogP contribution in [0.2, 0.25) is 0 Å². The lowest BCUT2D eigenvalue weighted by Crippen LogP contribution is -2.64. The van der Waals surface area contributed by atoms with E-state index in [9.17, 15) is 18.9 Å². The van der Waals surface area contributed by atoms with Crippen molar-refractivity contribution in [3.8, 4) is 0 Å². The molecule has 0 aromatic heterocycles. The average Bonchev–Trinajstić information content (AvgIpc) is 3.22. The van der Waals surface area contributed by atoms with Crippen LogP contribution in [0.25, 0.3) is 0 Å². The van der Waals surface area contributed by atoms with E-state index in [1.807, 2.05) is 26.0 Å². The molecule has 8 heteroatoms. The Hall–Kier alpha value is -1.51. The number of fused-ring (bicyclic) bond motifs is 2. The van der Waals surface area contributed by atoms with Crippen LogP contribution in [0.15, 0.2) is 23.8 Å². The van der Waals surface area contributed by atoms with Gasteiger partial charge < -0.3 is 19.3 Å². The maximum atomic E-state index is 12.7. The molecule has 9 unspecified atom stereocenters. The van der Waals surface area contributed by atoms with Crippen LogP contribution in [-0.2, 0) is 34.6 Å². The van der Waals surface area contributed by atoms with E-state index in [-0.39, 0.29) is 17.6 Å². The lowest BCUT2D eigenvalue weighted by atomic mass is 9.49. The number of rotatable bonds is 3. The van der Waals surface area contributed by atoms with Crippen LogP contribution in [0, 0.1) is 16.7 Å². The van der Waals surface area contributed by atoms with Crippen molar-refractivity contribution >= 4 is 22.7 Å². The van der Waals surface area contributed by atoms with Crippen LogP contribution < -0.4 is 0 Å². The Morgan fingerprint density at radius 3 is 2.71 bits per heavy atom. The molecule has 2 saturated heterocycles. The summed E-state index contributed by atoms with van der Waals surface area (Å²) in [5.74, 6) is -1.07. The third-order valence-corrected chi connectivity index (χ3v) is 8.31. The lowest BCUT2D eigenvalue weighted by Gasteiger charge is -2.53. The number of carbonyl (C=O) groups is 2. The topological polar surface area (TPSA) is 102 Å². The molecular formula is C20H24O7S. The number of allylic oxidation sites excluding steroid dienone is 1. The summed E-state index contributed by atoms with van der Waals surface area (Å²) in [6.07, 6.45) is 5.47. The van der Waals surface area contributed by atoms with Gasteiger partial charge in [0.2, 0.25) is 0 Å². The minimum atomic E-state index is -1.55. The quantitative estimate of drug-likeness (QED) is 0.415. The van der Waals surface area contributed by atoms with E-state index in [1.165, 1.54) is 19.3 Å². The third-order valence-electron chi connectivity index (χ3n) is 7.32. The minimum Gasteiger partial charge on any atom is -0.458 e. The van der Waals surface area contributed by atoms with Gasteiger partial charge in [-0.05, 0) is 25.8 Å². The lowest BCUT2D eigenvalue weighted by molar-refractivity contribution is -0.168. The number of cyclic esters (lactones) is 1. The van der Waals surface area contributed by atoms with Gasteiger partial charge in [0.05, 0.1) is 11.2 Å². The SMILES string of the molecule is CS(=O)CC(C)(O)C1OC(=O)C=C2C3(C)CC=CC4(C)C(=O)OC(C43)C3OC231. The molecule has 3 heterocycles. The fourth-order valence-electron chi connectivity index (χ4n) is 6.38. The maximum absolute atomic E-state index is 12.7. The number of hydrogen-bond acceptors (Lipinski definition) is 7. The average molecular weight is 408 g/mol. The van der Waals surface area contributed by atoms with Gasteiger partial charge in [0.25, 0.3) is 0 Å². The van der Waals surface area contributed by atoms with Gasteiger partial charge in [-0.15, -0.1) is 0 Å². The van der Waals surface area contributed by atoms with E-state index in [1.54, 1.807) is 0 Å². The van der Waals surface area contributed by atoms with E-state index in [2.05, 4.69) is 0 Å². The molecule has 9 atom stereocenters. The minimum absolute atomic E-state index is 0.0573. The molecule has 3 aliphatic heterocycles. The number of esters is 2. The van der Waals surface area contributed by atoms with Crippen LogP contribution in [0.5, 0.6) is 0 Å². The van der Waals surface area contributed by atoms with Gasteiger partial charge in [-0.1, -0.05) is 19.1 Å². The monoisotopic (exact) mass is 408 g/mol. The predicted molar refractivity (Wildman–Crippen MR) is 98.5 cm³/mol. The molecule has 7 nitrogen and oxygen atoms in total. The first-order chi connectivity index (χ1) is 13.0. The highest BCUT2D eigenvalue weighted by Crippen LogP contribution is 2.72. The summed E-state index contributed by atoms with van der Waals surface area (Å²) in [6, 6.07) is 0. The van der Waals surface area contributed by atoms with Gasteiger partial charge in [0.1, 0.15) is 17.8 Å². The molecule has 5 aliphatic rings. The number of ether oxygens (including phenoxy) is 3. The molecule has 28 heavy (non-hydrogen) atoms. The van der Waals surface area contributed by atoms with E-state index >= 15 is 0 Å². The summed E-state index contributed by atoms with van der Waals surface area (Å²) in [6.45, 7) is 5.42. The summed E-state index contributed by atoms with van der Waals surface area (Å²) in [5.41, 5.74) is -3.18. The zero-order valence-corrected chi connectivity index (χ0v) is 17.1. The van der Waals surface area contributed by atoms with Crippen molar-refractivity contribution in [2.75, 3.05) is 12.0 Å². The third kappa shape index (κ3) is 1.99. The molecule has 3 fully saturated rings. The van der Waals surface area contributed by atoms with Crippen LogP contribution in [-0.4, -0.2) is 62.8 Å². The van der Waals surface area contributed by atoms with Crippen LogP contribution in [0.3, 0.4) is 0 Å². The molecule has 0 radical (unpaired) electrons. The summed E-state index contributed by atoms with van der Waals surface area (Å²) >= 11 is 0. The van der Waals surface area contributed by atoms with Gasteiger partial charge in [-0.3, -0.25) is 9.00 Å². The van der Waals surface area contributed by atoms with Crippen LogP contribution in [0.1, 0.15) is 27.2 Å². The van der Waals surface area contributed by atoms with Crippen molar-refractivity contribution in [3.05, 3.63) is 23.8 Å². The van der Waals surface area contributed by atoms with Crippen molar-refractivity contribution in [2.24, 2.45) is 16.7 Å². The first-order valence-corrected chi connectivity index (χ1v) is 11.2. The number of carbonyl (C=O) groups excluding carboxylic acids is 2. The molecule has 5 rings (SSSR count). The Morgan fingerprint density at radius 2 is 2.04 bits per heavy atom. The maximum Gasteiger partial charge on any atom is 0.331 e. The summed E-state index contributed by atoms with van der Waals surface area (Å²) in [7, 11) is -1.31. The van der Waals surface area contributed by atoms with E-state index in [4.69, 9.17) is 14.2 Å². The summed E-state index contributed by atoms with van der Waals surface area (Å²) in [5, 5.41) is 11.1. The number of epoxide rings is 1. The second-order valence-corrected chi connectivity index (χ2v) is 10.9. The molecule has 0 bridgehead atoms. The van der Waals surface area contributed by atoms with Gasteiger partial charge in [-0.2, -0.15) is 0 Å². The van der Waals surface area contributed by atoms with Crippen molar-refractivity contribution in [3.63, 3.8) is 0 Å². The number of hydrogen-bond donors (Lipinski definition) is 1. The van der Waals surface area contributed by atoms with Crippen molar-refractivity contribution in [1.82, 2.24) is 0 Å². The highest BCUT2D eigenvalue weighted by Gasteiger charge is 2.83. The Labute approximate surface area is 165 Å². The molecule has 1 N–H and O–H groups in total. The highest BCUT2D eigenvalue weighted by atomic mass is 32.2. The fourth-order valence-corrected chi connectivity index (χ4v) is 7.36. The van der Waals surface area contributed by atoms with Crippen molar-refractivity contribution in [2.45, 2.75) is 56.7 Å². The van der Waals surface area contributed by atoms with Crippen molar-refractivity contribution < 1.29 is 33.1 Å². The van der Waals surface area contributed by atoms with Gasteiger partial charge >= 0.3 is 11.9 Å². The molecule has 152 valence electrons. The summed E-state index contributed by atoms with van der Waals surface area (Å²) in [4.78, 5) is 25.2. The van der Waals surface area contributed by atoms with Gasteiger partial charge in [0, 0.05) is 34.5 Å². The molecule has 0 amide bonds.